The third kappa shape index (κ3) is 4.45. The van der Waals surface area contributed by atoms with Gasteiger partial charge in [-0.25, -0.2) is 9.97 Å². The minimum Gasteiger partial charge on any atom is -0.491 e. The van der Waals surface area contributed by atoms with E-state index in [1.165, 1.54) is 0 Å². The summed E-state index contributed by atoms with van der Waals surface area (Å²) in [6.07, 6.45) is 0.199. The zero-order valence-electron chi connectivity index (χ0n) is 12.1. The molecule has 6 heteroatoms. The van der Waals surface area contributed by atoms with Crippen molar-refractivity contribution in [3.8, 4) is 5.75 Å². The van der Waals surface area contributed by atoms with Gasteiger partial charge in [0.1, 0.15) is 5.75 Å². The van der Waals surface area contributed by atoms with Crippen LogP contribution in [0.2, 0.25) is 0 Å². The first-order valence-corrected chi connectivity index (χ1v) is 6.64. The van der Waals surface area contributed by atoms with Crippen molar-refractivity contribution in [3.63, 3.8) is 0 Å². The molecule has 1 amide bonds. The second-order valence-electron chi connectivity index (χ2n) is 4.66. The maximum Gasteiger partial charge on any atom is 0.230 e. The van der Waals surface area contributed by atoms with E-state index >= 15 is 0 Å². The number of hydrogen-bond donors (Lipinski definition) is 2. The van der Waals surface area contributed by atoms with Crippen molar-refractivity contribution in [2.75, 3.05) is 17.7 Å². The van der Waals surface area contributed by atoms with Crippen molar-refractivity contribution in [1.82, 2.24) is 9.97 Å². The van der Waals surface area contributed by atoms with E-state index in [0.717, 1.165) is 11.4 Å². The van der Waals surface area contributed by atoms with Crippen molar-refractivity contribution in [1.29, 1.82) is 0 Å². The van der Waals surface area contributed by atoms with Gasteiger partial charge < -0.3 is 10.5 Å². The van der Waals surface area contributed by atoms with E-state index in [-0.39, 0.29) is 18.9 Å². The van der Waals surface area contributed by atoms with E-state index in [9.17, 15) is 4.79 Å². The van der Waals surface area contributed by atoms with Gasteiger partial charge >= 0.3 is 0 Å². The van der Waals surface area contributed by atoms with Crippen molar-refractivity contribution < 1.29 is 9.53 Å². The minimum atomic E-state index is -0.200. The molecule has 3 N–H and O–H groups in total. The maximum atomic E-state index is 11.8. The molecular weight excluding hydrogens is 268 g/mol. The highest BCUT2D eigenvalue weighted by atomic mass is 16.5. The van der Waals surface area contributed by atoms with Crippen LogP contribution in [0.1, 0.15) is 17.8 Å². The molecule has 0 saturated heterocycles. The Balaban J connectivity index is 1.84. The predicted octanol–water partition coefficient (Wildman–Crippen LogP) is 2.08. The van der Waals surface area contributed by atoms with Crippen molar-refractivity contribution in [2.45, 2.75) is 20.3 Å². The average molecular weight is 286 g/mol. The third-order valence-corrected chi connectivity index (χ3v) is 2.74. The van der Waals surface area contributed by atoms with Crippen LogP contribution in [0, 0.1) is 13.8 Å². The average Bonchev–Trinajstić information content (AvgIpc) is 2.39. The summed E-state index contributed by atoms with van der Waals surface area (Å²) in [5.74, 6) is 0.694. The Hall–Kier alpha value is -2.63. The van der Waals surface area contributed by atoms with Crippen molar-refractivity contribution in [3.05, 3.63) is 41.7 Å². The highest BCUT2D eigenvalue weighted by Gasteiger charge is 2.07. The van der Waals surface area contributed by atoms with E-state index < -0.39 is 0 Å². The molecule has 0 atom stereocenters. The third-order valence-electron chi connectivity index (χ3n) is 2.74. The van der Waals surface area contributed by atoms with Crippen LogP contribution in [0.5, 0.6) is 5.75 Å². The molecule has 1 heterocycles. The number of nitrogen functional groups attached to an aromatic ring is 1. The second kappa shape index (κ2) is 6.69. The number of hydrogen-bond acceptors (Lipinski definition) is 5. The summed E-state index contributed by atoms with van der Waals surface area (Å²) in [5, 5.41) is 2.65. The molecule has 0 spiro atoms. The Morgan fingerprint density at radius 1 is 1.24 bits per heavy atom. The normalized spacial score (nSPS) is 10.2. The van der Waals surface area contributed by atoms with Gasteiger partial charge in [0.05, 0.1) is 18.7 Å². The van der Waals surface area contributed by atoms with Gasteiger partial charge in [0.2, 0.25) is 11.9 Å². The summed E-state index contributed by atoms with van der Waals surface area (Å²) in [6, 6.07) is 9.01. The number of carbonyl (C=O) groups excluding carboxylic acids is 1. The number of benzene rings is 1. The lowest BCUT2D eigenvalue weighted by atomic mass is 10.3. The van der Waals surface area contributed by atoms with Crippen molar-refractivity contribution >= 4 is 17.5 Å². The number of para-hydroxylation sites is 2. The zero-order valence-corrected chi connectivity index (χ0v) is 12.1. The predicted molar refractivity (Wildman–Crippen MR) is 81.1 cm³/mol. The smallest absolute Gasteiger partial charge is 0.230 e. The topological polar surface area (TPSA) is 90.1 Å². The number of ether oxygens (including phenoxy) is 1. The number of aryl methyl sites for hydroxylation is 2. The van der Waals surface area contributed by atoms with E-state index in [1.807, 2.05) is 32.0 Å². The molecule has 21 heavy (non-hydrogen) atoms. The van der Waals surface area contributed by atoms with E-state index in [0.29, 0.717) is 17.4 Å². The molecule has 0 aliphatic rings. The van der Waals surface area contributed by atoms with Gasteiger partial charge in [0, 0.05) is 11.4 Å². The molecule has 0 aliphatic carbocycles. The van der Waals surface area contributed by atoms with Crippen LogP contribution in [-0.4, -0.2) is 22.5 Å². The number of carbonyl (C=O) groups is 1. The van der Waals surface area contributed by atoms with Gasteiger partial charge in [-0.3, -0.25) is 10.1 Å². The van der Waals surface area contributed by atoms with Crippen LogP contribution in [0.4, 0.5) is 11.6 Å². The summed E-state index contributed by atoms with van der Waals surface area (Å²) in [6.45, 7) is 3.95. The Kier molecular flexibility index (Phi) is 4.71. The van der Waals surface area contributed by atoms with Crippen molar-refractivity contribution in [2.24, 2.45) is 0 Å². The van der Waals surface area contributed by atoms with Gasteiger partial charge in [-0.05, 0) is 32.0 Å². The summed E-state index contributed by atoms with van der Waals surface area (Å²) in [7, 11) is 0. The molecule has 0 bridgehead atoms. The molecule has 2 rings (SSSR count). The Morgan fingerprint density at radius 2 is 1.90 bits per heavy atom. The fourth-order valence-corrected chi connectivity index (χ4v) is 1.83. The summed E-state index contributed by atoms with van der Waals surface area (Å²) < 4.78 is 5.47. The minimum absolute atomic E-state index is 0.199. The molecule has 0 radical (unpaired) electrons. The Morgan fingerprint density at radius 3 is 2.57 bits per heavy atom. The molecule has 1 aromatic heterocycles. The Labute approximate surface area is 123 Å². The fourth-order valence-electron chi connectivity index (χ4n) is 1.83. The van der Waals surface area contributed by atoms with Crippen LogP contribution in [0.3, 0.4) is 0 Å². The molecule has 1 aromatic carbocycles. The van der Waals surface area contributed by atoms with E-state index in [2.05, 4.69) is 15.3 Å². The van der Waals surface area contributed by atoms with Crippen LogP contribution in [0.25, 0.3) is 0 Å². The van der Waals surface area contributed by atoms with Crippen LogP contribution < -0.4 is 15.8 Å². The molecule has 110 valence electrons. The van der Waals surface area contributed by atoms with Crippen LogP contribution in [-0.2, 0) is 4.79 Å². The largest absolute Gasteiger partial charge is 0.491 e. The number of amides is 1. The monoisotopic (exact) mass is 286 g/mol. The summed E-state index contributed by atoms with van der Waals surface area (Å²) in [4.78, 5) is 20.1. The number of aromatic nitrogens is 2. The number of rotatable bonds is 5. The molecule has 0 aliphatic heterocycles. The number of nitrogens with one attached hydrogen (secondary N) is 1. The first-order valence-electron chi connectivity index (χ1n) is 6.64. The first kappa shape index (κ1) is 14.8. The number of nitrogens with zero attached hydrogens (tertiary/aromatic N) is 2. The fraction of sp³-hybridized carbons (Fsp3) is 0.267. The van der Waals surface area contributed by atoms with Crippen LogP contribution >= 0.6 is 0 Å². The maximum absolute atomic E-state index is 11.8. The van der Waals surface area contributed by atoms with Gasteiger partial charge in [0.15, 0.2) is 0 Å². The summed E-state index contributed by atoms with van der Waals surface area (Å²) >= 11 is 0. The van der Waals surface area contributed by atoms with Gasteiger partial charge in [0.25, 0.3) is 0 Å². The van der Waals surface area contributed by atoms with Crippen LogP contribution in [0.15, 0.2) is 30.3 Å². The van der Waals surface area contributed by atoms with E-state index in [4.69, 9.17) is 10.5 Å². The highest BCUT2D eigenvalue weighted by molar-refractivity contribution is 5.89. The second-order valence-corrected chi connectivity index (χ2v) is 4.66. The van der Waals surface area contributed by atoms with Gasteiger partial charge in [-0.1, -0.05) is 12.1 Å². The summed E-state index contributed by atoms with van der Waals surface area (Å²) in [5.41, 5.74) is 7.92. The number of anilines is 2. The molecule has 0 saturated carbocycles. The lowest BCUT2D eigenvalue weighted by Crippen LogP contribution is -2.17. The highest BCUT2D eigenvalue weighted by Crippen LogP contribution is 2.19. The molecule has 6 nitrogen and oxygen atoms in total. The lowest BCUT2D eigenvalue weighted by Gasteiger charge is -2.09. The quantitative estimate of drug-likeness (QED) is 0.821. The molecule has 0 fully saturated rings. The van der Waals surface area contributed by atoms with E-state index in [1.54, 1.807) is 12.1 Å². The van der Waals surface area contributed by atoms with Gasteiger partial charge in [-0.2, -0.15) is 0 Å². The number of nitrogens with two attached hydrogens (primary N) is 1. The SMILES string of the molecule is Cc1cc(C)nc(NC(=O)CCOc2ccccc2N)n1. The standard InChI is InChI=1S/C15H18N4O2/c1-10-9-11(2)18-15(17-10)19-14(20)7-8-21-13-6-4-3-5-12(13)16/h3-6,9H,7-8,16H2,1-2H3,(H,17,18,19,20). The van der Waals surface area contributed by atoms with Gasteiger partial charge in [-0.15, -0.1) is 0 Å². The molecular formula is C15H18N4O2. The molecule has 2 aromatic rings. The zero-order chi connectivity index (χ0) is 15.2. The molecule has 0 unspecified atom stereocenters. The first-order chi connectivity index (χ1) is 10.0. The lowest BCUT2D eigenvalue weighted by molar-refractivity contribution is -0.116. The Bertz CT molecular complexity index is 623.